The van der Waals surface area contributed by atoms with Crippen molar-refractivity contribution in [2.75, 3.05) is 38.7 Å². The molecule has 0 unspecified atom stereocenters. The molecule has 0 radical (unpaired) electrons. The summed E-state index contributed by atoms with van der Waals surface area (Å²) in [5.74, 6) is -2.68. The lowest BCUT2D eigenvalue weighted by Gasteiger charge is -2.26. The van der Waals surface area contributed by atoms with Crippen LogP contribution in [-0.2, 0) is 26.0 Å². The molecule has 0 aliphatic carbocycles. The van der Waals surface area contributed by atoms with Crippen molar-refractivity contribution in [3.63, 3.8) is 0 Å². The van der Waals surface area contributed by atoms with Gasteiger partial charge in [0.1, 0.15) is 10.6 Å². The molecule has 1 saturated heterocycles. The number of alkyl halides is 2. The van der Waals surface area contributed by atoms with Crippen molar-refractivity contribution in [1.82, 2.24) is 4.31 Å². The summed E-state index contributed by atoms with van der Waals surface area (Å²) in [5, 5.41) is 2.68. The Labute approximate surface area is 183 Å². The fourth-order valence-electron chi connectivity index (χ4n) is 3.07. The van der Waals surface area contributed by atoms with Gasteiger partial charge in [0, 0.05) is 23.7 Å². The van der Waals surface area contributed by atoms with E-state index in [-0.39, 0.29) is 36.1 Å². The van der Waals surface area contributed by atoms with Gasteiger partial charge in [-0.05, 0) is 42.0 Å². The zero-order chi connectivity index (χ0) is 22.4. The Hall–Kier alpha value is -2.21. The van der Waals surface area contributed by atoms with E-state index in [1.165, 1.54) is 47.8 Å². The van der Waals surface area contributed by atoms with Gasteiger partial charge in [0.05, 0.1) is 26.7 Å². The topological polar surface area (TPSA) is 84.9 Å². The Morgan fingerprint density at radius 3 is 2.48 bits per heavy atom. The first-order valence-corrected chi connectivity index (χ1v) is 11.7. The Morgan fingerprint density at radius 2 is 1.87 bits per heavy atom. The Balaban J connectivity index is 1.73. The van der Waals surface area contributed by atoms with Gasteiger partial charge in [-0.15, -0.1) is 0 Å². The second-order valence-corrected chi connectivity index (χ2v) is 9.60. The number of anilines is 1. The van der Waals surface area contributed by atoms with Gasteiger partial charge in [-0.3, -0.25) is 4.79 Å². The molecule has 31 heavy (non-hydrogen) atoms. The molecule has 1 heterocycles. The van der Waals surface area contributed by atoms with Crippen molar-refractivity contribution in [2.24, 2.45) is 0 Å². The molecule has 2 aromatic carbocycles. The SMILES string of the molecule is COc1ccc(CC(=O)Nc2ccc(SC(F)F)cc2)cc1S(=O)(=O)N1CCOCC1. The standard InChI is InChI=1S/C20H22F2N2O5S2/c1-28-17-7-2-14(12-18(17)31(26,27)24-8-10-29-11-9-24)13-19(25)23-15-3-5-16(6-4-15)30-20(21)22/h2-7,12,20H,8-11,13H2,1H3,(H,23,25). The van der Waals surface area contributed by atoms with E-state index in [0.29, 0.717) is 41.1 Å². The normalized spacial score (nSPS) is 15.1. The van der Waals surface area contributed by atoms with Gasteiger partial charge < -0.3 is 14.8 Å². The summed E-state index contributed by atoms with van der Waals surface area (Å²) in [6.07, 6.45) is -0.0663. The lowest BCUT2D eigenvalue weighted by atomic mass is 10.1. The Kier molecular flexibility index (Phi) is 7.87. The van der Waals surface area contributed by atoms with Gasteiger partial charge in [-0.25, -0.2) is 8.42 Å². The molecule has 7 nitrogen and oxygen atoms in total. The molecule has 1 aliphatic heterocycles. The highest BCUT2D eigenvalue weighted by Crippen LogP contribution is 2.29. The van der Waals surface area contributed by atoms with Crippen LogP contribution >= 0.6 is 11.8 Å². The monoisotopic (exact) mass is 472 g/mol. The molecule has 0 atom stereocenters. The zero-order valence-electron chi connectivity index (χ0n) is 16.7. The zero-order valence-corrected chi connectivity index (χ0v) is 18.3. The number of rotatable bonds is 8. The summed E-state index contributed by atoms with van der Waals surface area (Å²) in [5.41, 5.74) is 0.952. The van der Waals surface area contributed by atoms with Crippen molar-refractivity contribution in [3.8, 4) is 5.75 Å². The summed E-state index contributed by atoms with van der Waals surface area (Å²) in [4.78, 5) is 12.8. The third-order valence-corrected chi connectivity index (χ3v) is 7.19. The molecule has 11 heteroatoms. The maximum atomic E-state index is 13.0. The van der Waals surface area contributed by atoms with Gasteiger partial charge in [-0.1, -0.05) is 17.8 Å². The number of sulfonamides is 1. The number of benzene rings is 2. The van der Waals surface area contributed by atoms with Gasteiger partial charge in [0.15, 0.2) is 0 Å². The highest BCUT2D eigenvalue weighted by Gasteiger charge is 2.29. The molecule has 0 saturated carbocycles. The van der Waals surface area contributed by atoms with Crippen molar-refractivity contribution in [1.29, 1.82) is 0 Å². The predicted octanol–water partition coefficient (Wildman–Crippen LogP) is 3.21. The van der Waals surface area contributed by atoms with Crippen LogP contribution in [0.1, 0.15) is 5.56 Å². The molecule has 0 bridgehead atoms. The van der Waals surface area contributed by atoms with Gasteiger partial charge >= 0.3 is 0 Å². The molecular weight excluding hydrogens is 450 g/mol. The van der Waals surface area contributed by atoms with Gasteiger partial charge in [-0.2, -0.15) is 13.1 Å². The number of amides is 1. The average molecular weight is 473 g/mol. The minimum Gasteiger partial charge on any atom is -0.495 e. The van der Waals surface area contributed by atoms with E-state index >= 15 is 0 Å². The van der Waals surface area contributed by atoms with Crippen LogP contribution in [0.4, 0.5) is 14.5 Å². The van der Waals surface area contributed by atoms with E-state index in [0.717, 1.165) is 0 Å². The number of ether oxygens (including phenoxy) is 2. The van der Waals surface area contributed by atoms with Gasteiger partial charge in [0.25, 0.3) is 5.76 Å². The van der Waals surface area contributed by atoms with E-state index in [4.69, 9.17) is 9.47 Å². The Bertz CT molecular complexity index is 1010. The predicted molar refractivity (Wildman–Crippen MR) is 113 cm³/mol. The lowest BCUT2D eigenvalue weighted by molar-refractivity contribution is -0.115. The van der Waals surface area contributed by atoms with Gasteiger partial charge in [0.2, 0.25) is 15.9 Å². The molecule has 1 aliphatic rings. The van der Waals surface area contributed by atoms with Crippen LogP contribution in [0, 0.1) is 0 Å². The number of nitrogens with zero attached hydrogens (tertiary/aromatic N) is 1. The summed E-state index contributed by atoms with van der Waals surface area (Å²) < 4.78 is 62.6. The van der Waals surface area contributed by atoms with Crippen molar-refractivity contribution < 1.29 is 31.5 Å². The summed E-state index contributed by atoms with van der Waals surface area (Å²) in [6, 6.07) is 10.6. The van der Waals surface area contributed by atoms with Crippen LogP contribution in [0.15, 0.2) is 52.3 Å². The number of halogens is 2. The fourth-order valence-corrected chi connectivity index (χ4v) is 5.18. The highest BCUT2D eigenvalue weighted by molar-refractivity contribution is 7.99. The number of morpholine rings is 1. The third kappa shape index (κ3) is 6.16. The van der Waals surface area contributed by atoms with Crippen LogP contribution in [0.25, 0.3) is 0 Å². The van der Waals surface area contributed by atoms with Crippen LogP contribution in [0.5, 0.6) is 5.75 Å². The summed E-state index contributed by atoms with van der Waals surface area (Å²) >= 11 is 0.421. The van der Waals surface area contributed by atoms with Crippen molar-refractivity contribution in [2.45, 2.75) is 22.0 Å². The number of carbonyl (C=O) groups excluding carboxylic acids is 1. The maximum absolute atomic E-state index is 13.0. The first-order valence-electron chi connectivity index (χ1n) is 9.39. The number of hydrogen-bond donors (Lipinski definition) is 1. The number of carbonyl (C=O) groups is 1. The molecule has 2 aromatic rings. The summed E-state index contributed by atoms with van der Waals surface area (Å²) in [6.45, 7) is 1.13. The number of methoxy groups -OCH3 is 1. The number of thioether (sulfide) groups is 1. The average Bonchev–Trinajstić information content (AvgIpc) is 2.75. The largest absolute Gasteiger partial charge is 0.495 e. The van der Waals surface area contributed by atoms with E-state index in [2.05, 4.69) is 5.32 Å². The molecule has 1 fully saturated rings. The van der Waals surface area contributed by atoms with E-state index < -0.39 is 15.8 Å². The second-order valence-electron chi connectivity index (χ2n) is 6.63. The Morgan fingerprint density at radius 1 is 1.19 bits per heavy atom. The van der Waals surface area contributed by atoms with Crippen LogP contribution in [0.3, 0.4) is 0 Å². The maximum Gasteiger partial charge on any atom is 0.288 e. The first kappa shape index (κ1) is 23.5. The van der Waals surface area contributed by atoms with Crippen LogP contribution in [0.2, 0.25) is 0 Å². The van der Waals surface area contributed by atoms with Crippen molar-refractivity contribution in [3.05, 3.63) is 48.0 Å². The lowest BCUT2D eigenvalue weighted by Crippen LogP contribution is -2.40. The van der Waals surface area contributed by atoms with E-state index in [1.54, 1.807) is 6.07 Å². The first-order chi connectivity index (χ1) is 14.8. The second kappa shape index (κ2) is 10.4. The molecular formula is C20H22F2N2O5S2. The molecule has 3 rings (SSSR count). The minimum absolute atomic E-state index is 0.00410. The van der Waals surface area contributed by atoms with Crippen molar-refractivity contribution >= 4 is 33.4 Å². The van der Waals surface area contributed by atoms with Crippen LogP contribution < -0.4 is 10.1 Å². The number of hydrogen-bond acceptors (Lipinski definition) is 6. The summed E-state index contributed by atoms with van der Waals surface area (Å²) in [7, 11) is -2.42. The minimum atomic E-state index is -3.80. The molecule has 0 aromatic heterocycles. The smallest absolute Gasteiger partial charge is 0.288 e. The fraction of sp³-hybridized carbons (Fsp3) is 0.350. The highest BCUT2D eigenvalue weighted by atomic mass is 32.2. The number of nitrogens with one attached hydrogen (secondary N) is 1. The third-order valence-electron chi connectivity index (χ3n) is 4.54. The molecule has 1 amide bonds. The molecule has 168 valence electrons. The van der Waals surface area contributed by atoms with E-state index in [9.17, 15) is 22.0 Å². The molecule has 0 spiro atoms. The quantitative estimate of drug-likeness (QED) is 0.594. The molecule has 1 N–H and O–H groups in total. The van der Waals surface area contributed by atoms with E-state index in [1.807, 2.05) is 0 Å². The van der Waals surface area contributed by atoms with Crippen LogP contribution in [-0.4, -0.2) is 57.8 Å².